The van der Waals surface area contributed by atoms with Gasteiger partial charge in [0.1, 0.15) is 24.2 Å². The fourth-order valence-electron chi connectivity index (χ4n) is 3.40. The molecular weight excluding hydrogens is 384 g/mol. The van der Waals surface area contributed by atoms with E-state index in [-0.39, 0.29) is 22.9 Å². The zero-order valence-corrected chi connectivity index (χ0v) is 18.5. The number of carbonyl (C=O) groups excluding carboxylic acids is 2. The van der Waals surface area contributed by atoms with Crippen LogP contribution in [-0.4, -0.2) is 56.4 Å². The largest absolute Gasteiger partial charge is 0.476 e. The van der Waals surface area contributed by atoms with Crippen molar-refractivity contribution in [2.75, 3.05) is 38.4 Å². The molecule has 2 N–H and O–H groups in total. The summed E-state index contributed by atoms with van der Waals surface area (Å²) in [7, 11) is 1.57. The minimum absolute atomic E-state index is 0.117. The molecule has 3 rings (SSSR count). The van der Waals surface area contributed by atoms with Crippen LogP contribution in [-0.2, 0) is 9.53 Å². The van der Waals surface area contributed by atoms with Gasteiger partial charge in [0.2, 0.25) is 11.8 Å². The van der Waals surface area contributed by atoms with E-state index in [0.717, 1.165) is 25.3 Å². The van der Waals surface area contributed by atoms with Gasteiger partial charge in [-0.3, -0.25) is 9.59 Å². The summed E-state index contributed by atoms with van der Waals surface area (Å²) >= 11 is 0. The Bertz CT molecular complexity index is 752. The lowest BCUT2D eigenvalue weighted by atomic mass is 9.87. The molecule has 2 aliphatic rings. The molecule has 2 amide bonds. The standard InChI is InChI=1S/C22H34N4O4/c1-22(2,3)12-17(19(27)23-4)24-20(28)16-8-9-18(26-10-5-11-29-14-26)21(25-16)30-13-15-6-7-15/h8-9,15,17H,5-7,10-14H2,1-4H3,(H,23,27)(H,24,28)/t17-/m0/s1. The van der Waals surface area contributed by atoms with Crippen molar-refractivity contribution < 1.29 is 19.1 Å². The molecule has 0 unspecified atom stereocenters. The molecule has 1 aliphatic carbocycles. The third kappa shape index (κ3) is 6.32. The second-order valence-corrected chi connectivity index (χ2v) is 9.33. The molecule has 1 aromatic heterocycles. The molecule has 0 aromatic carbocycles. The summed E-state index contributed by atoms with van der Waals surface area (Å²) in [5, 5.41) is 5.47. The van der Waals surface area contributed by atoms with E-state index in [2.05, 4.69) is 20.5 Å². The van der Waals surface area contributed by atoms with Gasteiger partial charge in [0.15, 0.2) is 0 Å². The molecule has 8 nitrogen and oxygen atoms in total. The summed E-state index contributed by atoms with van der Waals surface area (Å²) in [5.41, 5.74) is 0.962. The molecule has 1 atom stereocenters. The quantitative estimate of drug-likeness (QED) is 0.673. The Balaban J connectivity index is 1.78. The van der Waals surface area contributed by atoms with E-state index < -0.39 is 6.04 Å². The van der Waals surface area contributed by atoms with Gasteiger partial charge in [-0.1, -0.05) is 20.8 Å². The Morgan fingerprint density at radius 1 is 1.33 bits per heavy atom. The number of ether oxygens (including phenoxy) is 2. The fraction of sp³-hybridized carbons (Fsp3) is 0.682. The van der Waals surface area contributed by atoms with E-state index >= 15 is 0 Å². The van der Waals surface area contributed by atoms with Crippen LogP contribution in [0, 0.1) is 11.3 Å². The van der Waals surface area contributed by atoms with E-state index in [1.165, 1.54) is 12.8 Å². The van der Waals surface area contributed by atoms with Crippen LogP contribution in [0.5, 0.6) is 5.88 Å². The highest BCUT2D eigenvalue weighted by molar-refractivity contribution is 5.96. The number of pyridine rings is 1. The van der Waals surface area contributed by atoms with E-state index in [4.69, 9.17) is 9.47 Å². The summed E-state index contributed by atoms with van der Waals surface area (Å²) in [6.45, 7) is 8.79. The van der Waals surface area contributed by atoms with Crippen molar-refractivity contribution in [2.45, 2.75) is 52.5 Å². The van der Waals surface area contributed by atoms with E-state index in [1.54, 1.807) is 13.1 Å². The minimum atomic E-state index is -0.629. The second-order valence-electron chi connectivity index (χ2n) is 9.33. The number of carbonyl (C=O) groups is 2. The third-order valence-corrected chi connectivity index (χ3v) is 5.21. The molecule has 2 fully saturated rings. The molecule has 0 spiro atoms. The van der Waals surface area contributed by atoms with Crippen molar-refractivity contribution in [1.82, 2.24) is 15.6 Å². The maximum Gasteiger partial charge on any atom is 0.270 e. The van der Waals surface area contributed by atoms with Crippen LogP contribution in [0.1, 0.15) is 56.9 Å². The van der Waals surface area contributed by atoms with Crippen molar-refractivity contribution in [2.24, 2.45) is 11.3 Å². The Morgan fingerprint density at radius 3 is 2.70 bits per heavy atom. The first kappa shape index (κ1) is 22.3. The molecule has 1 saturated heterocycles. The number of rotatable bonds is 8. The maximum absolute atomic E-state index is 12.9. The number of hydrogen-bond acceptors (Lipinski definition) is 6. The van der Waals surface area contributed by atoms with Gasteiger partial charge in [-0.15, -0.1) is 0 Å². The summed E-state index contributed by atoms with van der Waals surface area (Å²) < 4.78 is 11.6. The van der Waals surface area contributed by atoms with Gasteiger partial charge in [-0.25, -0.2) is 4.98 Å². The van der Waals surface area contributed by atoms with E-state index in [0.29, 0.717) is 31.6 Å². The van der Waals surface area contributed by atoms with Gasteiger partial charge >= 0.3 is 0 Å². The Hall–Kier alpha value is -2.35. The van der Waals surface area contributed by atoms with E-state index in [9.17, 15) is 9.59 Å². The van der Waals surface area contributed by atoms with Gasteiger partial charge in [0.05, 0.1) is 13.2 Å². The van der Waals surface area contributed by atoms with Gasteiger partial charge in [0.25, 0.3) is 5.91 Å². The number of hydrogen-bond donors (Lipinski definition) is 2. The highest BCUT2D eigenvalue weighted by Gasteiger charge is 2.28. The molecular formula is C22H34N4O4. The highest BCUT2D eigenvalue weighted by Crippen LogP contribution is 2.33. The normalized spacial score (nSPS) is 17.9. The molecule has 8 heteroatoms. The zero-order valence-electron chi connectivity index (χ0n) is 18.5. The van der Waals surface area contributed by atoms with Crippen LogP contribution < -0.4 is 20.3 Å². The molecule has 30 heavy (non-hydrogen) atoms. The molecule has 1 saturated carbocycles. The van der Waals surface area contributed by atoms with Crippen LogP contribution in [0.2, 0.25) is 0 Å². The van der Waals surface area contributed by atoms with Crippen LogP contribution in [0.25, 0.3) is 0 Å². The summed E-state index contributed by atoms with van der Waals surface area (Å²) in [5.74, 6) is 0.419. The number of nitrogens with zero attached hydrogens (tertiary/aromatic N) is 2. The Labute approximate surface area is 178 Å². The topological polar surface area (TPSA) is 92.8 Å². The van der Waals surface area contributed by atoms with Gasteiger partial charge in [0, 0.05) is 13.6 Å². The highest BCUT2D eigenvalue weighted by atomic mass is 16.5. The van der Waals surface area contributed by atoms with Crippen LogP contribution in [0.15, 0.2) is 12.1 Å². The fourth-order valence-corrected chi connectivity index (χ4v) is 3.40. The number of likely N-dealkylation sites (N-methyl/N-ethyl adjacent to an activating group) is 1. The lowest BCUT2D eigenvalue weighted by Gasteiger charge is -2.30. The molecule has 0 bridgehead atoms. The van der Waals surface area contributed by atoms with E-state index in [1.807, 2.05) is 26.8 Å². The summed E-state index contributed by atoms with van der Waals surface area (Å²) in [6, 6.07) is 2.91. The smallest absolute Gasteiger partial charge is 0.270 e. The van der Waals surface area contributed by atoms with Crippen molar-refractivity contribution in [1.29, 1.82) is 0 Å². The predicted molar refractivity (Wildman–Crippen MR) is 115 cm³/mol. The lowest BCUT2D eigenvalue weighted by molar-refractivity contribution is -0.123. The summed E-state index contributed by atoms with van der Waals surface area (Å²) in [6.07, 6.45) is 3.80. The molecule has 0 radical (unpaired) electrons. The summed E-state index contributed by atoms with van der Waals surface area (Å²) in [4.78, 5) is 31.8. The van der Waals surface area contributed by atoms with Crippen LogP contribution in [0.3, 0.4) is 0 Å². The van der Waals surface area contributed by atoms with Crippen molar-refractivity contribution in [3.05, 3.63) is 17.8 Å². The number of nitrogens with one attached hydrogen (secondary N) is 2. The molecule has 166 valence electrons. The number of aromatic nitrogens is 1. The molecule has 1 aliphatic heterocycles. The van der Waals surface area contributed by atoms with Crippen molar-refractivity contribution in [3.8, 4) is 5.88 Å². The first-order valence-electron chi connectivity index (χ1n) is 10.8. The van der Waals surface area contributed by atoms with Gasteiger partial charge < -0.3 is 25.0 Å². The predicted octanol–water partition coefficient (Wildman–Crippen LogP) is 2.34. The van der Waals surface area contributed by atoms with Crippen LogP contribution >= 0.6 is 0 Å². The second kappa shape index (κ2) is 9.64. The van der Waals surface area contributed by atoms with Crippen LogP contribution in [0.4, 0.5) is 5.69 Å². The molecule has 1 aromatic rings. The van der Waals surface area contributed by atoms with Gasteiger partial charge in [-0.2, -0.15) is 0 Å². The zero-order chi connectivity index (χ0) is 21.7. The average Bonchev–Trinajstić information content (AvgIpc) is 3.55. The first-order chi connectivity index (χ1) is 14.3. The minimum Gasteiger partial charge on any atom is -0.476 e. The number of amides is 2. The number of anilines is 1. The SMILES string of the molecule is CNC(=O)[C@H](CC(C)(C)C)NC(=O)c1ccc(N2CCCOC2)c(OCC2CC2)n1. The van der Waals surface area contributed by atoms with Crippen molar-refractivity contribution in [3.63, 3.8) is 0 Å². The molecule has 2 heterocycles. The van der Waals surface area contributed by atoms with Crippen molar-refractivity contribution >= 4 is 17.5 Å². The maximum atomic E-state index is 12.9. The van der Waals surface area contributed by atoms with Gasteiger partial charge in [-0.05, 0) is 49.1 Å². The lowest BCUT2D eigenvalue weighted by Crippen LogP contribution is -2.47. The third-order valence-electron chi connectivity index (χ3n) is 5.21. The monoisotopic (exact) mass is 418 g/mol. The first-order valence-corrected chi connectivity index (χ1v) is 10.8. The Morgan fingerprint density at radius 2 is 2.10 bits per heavy atom. The Kier molecular flexibility index (Phi) is 7.18. The average molecular weight is 419 g/mol.